The van der Waals surface area contributed by atoms with E-state index in [1.807, 2.05) is 4.90 Å². The number of piperazine rings is 1. The van der Waals surface area contributed by atoms with Gasteiger partial charge in [-0.3, -0.25) is 19.8 Å². The van der Waals surface area contributed by atoms with Crippen LogP contribution in [-0.4, -0.2) is 53.4 Å². The largest absolute Gasteiger partial charge is 0.314 e. The molecule has 102 valence electrons. The molecule has 0 aromatic carbocycles. The molecule has 2 N–H and O–H groups in total. The zero-order valence-electron chi connectivity index (χ0n) is 10.3. The van der Waals surface area contributed by atoms with Crippen molar-refractivity contribution in [2.24, 2.45) is 0 Å². The van der Waals surface area contributed by atoms with Gasteiger partial charge < -0.3 is 10.6 Å². The maximum Gasteiger partial charge on any atom is 0.311 e. The van der Waals surface area contributed by atoms with Crippen molar-refractivity contribution in [2.75, 3.05) is 38.0 Å². The molecule has 0 atom stereocenters. The van der Waals surface area contributed by atoms with E-state index in [0.29, 0.717) is 0 Å². The van der Waals surface area contributed by atoms with Gasteiger partial charge in [0.1, 0.15) is 0 Å². The summed E-state index contributed by atoms with van der Waals surface area (Å²) >= 11 is 0. The summed E-state index contributed by atoms with van der Waals surface area (Å²) in [6.45, 7) is 3.49. The smallest absolute Gasteiger partial charge is 0.311 e. The summed E-state index contributed by atoms with van der Waals surface area (Å²) in [5.74, 6) is -0.295. The maximum atomic E-state index is 11.8. The minimum Gasteiger partial charge on any atom is -0.314 e. The van der Waals surface area contributed by atoms with Gasteiger partial charge in [0, 0.05) is 38.4 Å². The van der Waals surface area contributed by atoms with E-state index >= 15 is 0 Å². The van der Waals surface area contributed by atoms with Crippen molar-refractivity contribution in [2.45, 2.75) is 0 Å². The Kier molecular flexibility index (Phi) is 4.37. The first-order valence-electron chi connectivity index (χ1n) is 5.99. The second-order valence-electron chi connectivity index (χ2n) is 4.20. The standard InChI is InChI=1S/C11H15N5O3/c17-10(8-15-6-4-12-5-7-15)14-11-9(16(18)19)2-1-3-13-11/h1-3,12H,4-8H2,(H,13,14,17). The number of carbonyl (C=O) groups is 1. The molecule has 1 fully saturated rings. The second kappa shape index (κ2) is 6.21. The molecular formula is C11H15N5O3. The van der Waals surface area contributed by atoms with Crippen molar-refractivity contribution in [3.8, 4) is 0 Å². The zero-order valence-corrected chi connectivity index (χ0v) is 10.3. The normalized spacial score (nSPS) is 16.0. The number of nitrogens with one attached hydrogen (secondary N) is 2. The van der Waals surface area contributed by atoms with Crippen LogP contribution in [0.2, 0.25) is 0 Å². The molecule has 1 aliphatic heterocycles. The molecule has 2 heterocycles. The molecule has 0 spiro atoms. The number of hydrogen-bond acceptors (Lipinski definition) is 6. The van der Waals surface area contributed by atoms with E-state index in [4.69, 9.17) is 0 Å². The van der Waals surface area contributed by atoms with Crippen LogP contribution in [0.15, 0.2) is 18.3 Å². The van der Waals surface area contributed by atoms with Gasteiger partial charge in [-0.15, -0.1) is 0 Å². The Bertz CT molecular complexity index is 473. The number of carbonyl (C=O) groups excluding carboxylic acids is 1. The number of nitro groups is 1. The van der Waals surface area contributed by atoms with Gasteiger partial charge in [0.25, 0.3) is 0 Å². The quantitative estimate of drug-likeness (QED) is 0.579. The lowest BCUT2D eigenvalue weighted by Gasteiger charge is -2.26. The van der Waals surface area contributed by atoms with Gasteiger partial charge in [-0.05, 0) is 6.07 Å². The Morgan fingerprint density at radius 3 is 2.95 bits per heavy atom. The first-order chi connectivity index (χ1) is 9.16. The Labute approximate surface area is 110 Å². The van der Waals surface area contributed by atoms with Gasteiger partial charge in [-0.2, -0.15) is 0 Å². The van der Waals surface area contributed by atoms with Crippen LogP contribution >= 0.6 is 0 Å². The summed E-state index contributed by atoms with van der Waals surface area (Å²) in [6, 6.07) is 2.78. The van der Waals surface area contributed by atoms with Crippen LogP contribution in [0.25, 0.3) is 0 Å². The van der Waals surface area contributed by atoms with Crippen LogP contribution in [0, 0.1) is 10.1 Å². The second-order valence-corrected chi connectivity index (χ2v) is 4.20. The molecule has 2 rings (SSSR count). The Morgan fingerprint density at radius 1 is 1.53 bits per heavy atom. The highest BCUT2D eigenvalue weighted by Gasteiger charge is 2.18. The Hall–Kier alpha value is -2.06. The summed E-state index contributed by atoms with van der Waals surface area (Å²) in [5, 5.41) is 16.5. The van der Waals surface area contributed by atoms with Gasteiger partial charge >= 0.3 is 5.69 Å². The maximum absolute atomic E-state index is 11.8. The summed E-state index contributed by atoms with van der Waals surface area (Å²) in [5.41, 5.74) is -0.198. The highest BCUT2D eigenvalue weighted by Crippen LogP contribution is 2.19. The molecule has 8 heteroatoms. The average molecular weight is 265 g/mol. The van der Waals surface area contributed by atoms with Gasteiger partial charge in [0.2, 0.25) is 11.7 Å². The number of aromatic nitrogens is 1. The van der Waals surface area contributed by atoms with Crippen molar-refractivity contribution in [3.63, 3.8) is 0 Å². The summed E-state index contributed by atoms with van der Waals surface area (Å²) in [7, 11) is 0. The van der Waals surface area contributed by atoms with Crippen molar-refractivity contribution in [1.29, 1.82) is 0 Å². The lowest BCUT2D eigenvalue weighted by atomic mass is 10.3. The molecule has 1 aliphatic rings. The van der Waals surface area contributed by atoms with E-state index in [9.17, 15) is 14.9 Å². The third kappa shape index (κ3) is 3.70. The van der Waals surface area contributed by atoms with Gasteiger partial charge in [0.05, 0.1) is 11.5 Å². The number of anilines is 1. The molecule has 0 aliphatic carbocycles. The van der Waals surface area contributed by atoms with Gasteiger partial charge in [0.15, 0.2) is 0 Å². The fraction of sp³-hybridized carbons (Fsp3) is 0.455. The molecule has 0 unspecified atom stereocenters. The first-order valence-corrected chi connectivity index (χ1v) is 5.99. The topological polar surface area (TPSA) is 100 Å². The molecule has 1 saturated heterocycles. The third-order valence-electron chi connectivity index (χ3n) is 2.82. The van der Waals surface area contributed by atoms with Crippen LogP contribution in [0.5, 0.6) is 0 Å². The molecule has 1 aromatic heterocycles. The SMILES string of the molecule is O=C(CN1CCNCC1)Nc1ncccc1[N+](=O)[O-]. The van der Waals surface area contributed by atoms with Crippen LogP contribution in [-0.2, 0) is 4.79 Å². The van der Waals surface area contributed by atoms with Crippen molar-refractivity contribution < 1.29 is 9.72 Å². The monoisotopic (exact) mass is 265 g/mol. The fourth-order valence-corrected chi connectivity index (χ4v) is 1.88. The number of amides is 1. The minimum absolute atomic E-state index is 0.00682. The summed E-state index contributed by atoms with van der Waals surface area (Å²) in [4.78, 5) is 27.9. The molecule has 1 amide bonds. The van der Waals surface area contributed by atoms with Crippen LogP contribution < -0.4 is 10.6 Å². The minimum atomic E-state index is -0.562. The predicted molar refractivity (Wildman–Crippen MR) is 68.8 cm³/mol. The number of nitrogens with zero attached hydrogens (tertiary/aromatic N) is 3. The number of pyridine rings is 1. The highest BCUT2D eigenvalue weighted by molar-refractivity contribution is 5.93. The van der Waals surface area contributed by atoms with Gasteiger partial charge in [-0.25, -0.2) is 4.98 Å². The highest BCUT2D eigenvalue weighted by atomic mass is 16.6. The predicted octanol–water partition coefficient (Wildman–Crippen LogP) is -0.167. The van der Waals surface area contributed by atoms with E-state index < -0.39 is 4.92 Å². The molecule has 0 saturated carbocycles. The molecule has 0 radical (unpaired) electrons. The van der Waals surface area contributed by atoms with E-state index in [2.05, 4.69) is 15.6 Å². The average Bonchev–Trinajstić information content (AvgIpc) is 2.40. The van der Waals surface area contributed by atoms with Crippen molar-refractivity contribution >= 4 is 17.4 Å². The number of rotatable bonds is 4. The van der Waals surface area contributed by atoms with E-state index in [1.54, 1.807) is 0 Å². The lowest BCUT2D eigenvalue weighted by molar-refractivity contribution is -0.384. The summed E-state index contributed by atoms with van der Waals surface area (Å²) < 4.78 is 0. The molecule has 8 nitrogen and oxygen atoms in total. The molecule has 0 bridgehead atoms. The van der Waals surface area contributed by atoms with Crippen LogP contribution in [0.4, 0.5) is 11.5 Å². The summed E-state index contributed by atoms with van der Waals surface area (Å²) in [6.07, 6.45) is 1.41. The number of hydrogen-bond donors (Lipinski definition) is 2. The van der Waals surface area contributed by atoms with E-state index in [-0.39, 0.29) is 24.0 Å². The third-order valence-corrected chi connectivity index (χ3v) is 2.82. The van der Waals surface area contributed by atoms with Crippen molar-refractivity contribution in [1.82, 2.24) is 15.2 Å². The van der Waals surface area contributed by atoms with Crippen molar-refractivity contribution in [3.05, 3.63) is 28.4 Å². The Balaban J connectivity index is 1.96. The lowest BCUT2D eigenvalue weighted by Crippen LogP contribution is -2.46. The first kappa shape index (κ1) is 13.4. The zero-order chi connectivity index (χ0) is 13.7. The van der Waals surface area contributed by atoms with Crippen LogP contribution in [0.1, 0.15) is 0 Å². The van der Waals surface area contributed by atoms with Crippen LogP contribution in [0.3, 0.4) is 0 Å². The molecular weight excluding hydrogens is 250 g/mol. The van der Waals surface area contributed by atoms with E-state index in [0.717, 1.165) is 26.2 Å². The molecule has 19 heavy (non-hydrogen) atoms. The Morgan fingerprint density at radius 2 is 2.26 bits per heavy atom. The molecule has 1 aromatic rings. The van der Waals surface area contributed by atoms with Gasteiger partial charge in [-0.1, -0.05) is 0 Å². The van der Waals surface area contributed by atoms with E-state index in [1.165, 1.54) is 18.3 Å². The fourth-order valence-electron chi connectivity index (χ4n) is 1.88.